The molecule has 1 unspecified atom stereocenters. The van der Waals surface area contributed by atoms with Crippen molar-refractivity contribution in [3.63, 3.8) is 0 Å². The highest BCUT2D eigenvalue weighted by Gasteiger charge is 2.38. The maximum atomic E-state index is 12.4. The van der Waals surface area contributed by atoms with Gasteiger partial charge in [-0.05, 0) is 25.2 Å². The first kappa shape index (κ1) is 18.6. The summed E-state index contributed by atoms with van der Waals surface area (Å²) in [7, 11) is -3.14. The number of rotatable bonds is 5. The van der Waals surface area contributed by atoms with Gasteiger partial charge in [-0.2, -0.15) is 0 Å². The maximum Gasteiger partial charge on any atom is 0.226 e. The number of nitrogens with zero attached hydrogens (tertiary/aromatic N) is 2. The van der Waals surface area contributed by atoms with Crippen LogP contribution in [-0.4, -0.2) is 68.4 Å². The lowest BCUT2D eigenvalue weighted by Gasteiger charge is -2.40. The third-order valence-corrected chi connectivity index (χ3v) is 7.07. The summed E-state index contributed by atoms with van der Waals surface area (Å²) in [6.07, 6.45) is 7.49. The lowest BCUT2D eigenvalue weighted by Crippen LogP contribution is -2.57. The molecule has 142 valence electrons. The standard InChI is InChI=1S/C17H29N3O4S/c1-25(23,24)20-8-7-13(10-20)9-18-16(21)15-11-19(12-15)17(22)14-5-3-2-4-6-14/h13-15H,2-12H2,1H3,(H,18,21). The molecule has 0 radical (unpaired) electrons. The summed E-state index contributed by atoms with van der Waals surface area (Å²) in [6.45, 7) is 2.59. The molecule has 7 nitrogen and oxygen atoms in total. The SMILES string of the molecule is CS(=O)(=O)N1CCC(CNC(=O)C2CN(C(=O)C3CCCCC3)C2)C1. The molecule has 0 aromatic rings. The number of likely N-dealkylation sites (tertiary alicyclic amines) is 1. The van der Waals surface area contributed by atoms with E-state index in [4.69, 9.17) is 0 Å². The second kappa shape index (κ2) is 7.61. The van der Waals surface area contributed by atoms with Crippen LogP contribution in [0.2, 0.25) is 0 Å². The van der Waals surface area contributed by atoms with Gasteiger partial charge >= 0.3 is 0 Å². The summed E-state index contributed by atoms with van der Waals surface area (Å²) < 4.78 is 24.5. The van der Waals surface area contributed by atoms with E-state index in [9.17, 15) is 18.0 Å². The third-order valence-electron chi connectivity index (χ3n) is 5.80. The first-order chi connectivity index (χ1) is 11.8. The monoisotopic (exact) mass is 371 g/mol. The Morgan fingerprint density at radius 1 is 1.00 bits per heavy atom. The number of nitrogens with one attached hydrogen (secondary N) is 1. The molecule has 2 saturated heterocycles. The van der Waals surface area contributed by atoms with E-state index in [2.05, 4.69) is 5.32 Å². The zero-order valence-corrected chi connectivity index (χ0v) is 15.8. The van der Waals surface area contributed by atoms with Crippen LogP contribution in [-0.2, 0) is 19.6 Å². The summed E-state index contributed by atoms with van der Waals surface area (Å²) in [5.74, 6) is 0.450. The van der Waals surface area contributed by atoms with Crippen molar-refractivity contribution in [3.05, 3.63) is 0 Å². The zero-order valence-electron chi connectivity index (χ0n) is 14.9. The van der Waals surface area contributed by atoms with E-state index in [-0.39, 0.29) is 29.6 Å². The summed E-state index contributed by atoms with van der Waals surface area (Å²) >= 11 is 0. The van der Waals surface area contributed by atoms with Crippen molar-refractivity contribution in [2.75, 3.05) is 39.0 Å². The Labute approximate surface area is 150 Å². The number of hydrogen-bond donors (Lipinski definition) is 1. The molecule has 1 aliphatic carbocycles. The molecule has 0 aromatic heterocycles. The van der Waals surface area contributed by atoms with Crippen LogP contribution in [0.15, 0.2) is 0 Å². The van der Waals surface area contributed by atoms with Crippen LogP contribution in [0, 0.1) is 17.8 Å². The highest BCUT2D eigenvalue weighted by Crippen LogP contribution is 2.28. The molecule has 3 rings (SSSR count). The Kier molecular flexibility index (Phi) is 5.68. The summed E-state index contributed by atoms with van der Waals surface area (Å²) in [5.41, 5.74) is 0. The molecule has 25 heavy (non-hydrogen) atoms. The predicted octanol–water partition coefficient (Wildman–Crippen LogP) is 0.423. The highest BCUT2D eigenvalue weighted by molar-refractivity contribution is 7.88. The molecule has 3 fully saturated rings. The van der Waals surface area contributed by atoms with Crippen molar-refractivity contribution >= 4 is 21.8 Å². The maximum absolute atomic E-state index is 12.4. The van der Waals surface area contributed by atoms with Crippen molar-refractivity contribution in [3.8, 4) is 0 Å². The van der Waals surface area contributed by atoms with E-state index in [1.807, 2.05) is 4.90 Å². The van der Waals surface area contributed by atoms with E-state index in [0.717, 1.165) is 32.1 Å². The van der Waals surface area contributed by atoms with Crippen LogP contribution < -0.4 is 5.32 Å². The molecule has 1 N–H and O–H groups in total. The number of carbonyl (C=O) groups is 2. The van der Waals surface area contributed by atoms with Crippen molar-refractivity contribution < 1.29 is 18.0 Å². The van der Waals surface area contributed by atoms with E-state index in [1.54, 1.807) is 0 Å². The van der Waals surface area contributed by atoms with E-state index >= 15 is 0 Å². The fourth-order valence-corrected chi connectivity index (χ4v) is 5.00. The van der Waals surface area contributed by atoms with Crippen LogP contribution in [0.4, 0.5) is 0 Å². The molecule has 0 bridgehead atoms. The number of hydrogen-bond acceptors (Lipinski definition) is 4. The fraction of sp³-hybridized carbons (Fsp3) is 0.882. The van der Waals surface area contributed by atoms with Gasteiger partial charge in [0.1, 0.15) is 0 Å². The van der Waals surface area contributed by atoms with Gasteiger partial charge in [-0.3, -0.25) is 9.59 Å². The largest absolute Gasteiger partial charge is 0.355 e. The Morgan fingerprint density at radius 3 is 2.28 bits per heavy atom. The molecule has 0 aromatic carbocycles. The van der Waals surface area contributed by atoms with Gasteiger partial charge in [0.15, 0.2) is 0 Å². The molecular weight excluding hydrogens is 342 g/mol. The molecule has 1 saturated carbocycles. The first-order valence-electron chi connectivity index (χ1n) is 9.36. The van der Waals surface area contributed by atoms with Crippen LogP contribution in [0.25, 0.3) is 0 Å². The molecule has 2 heterocycles. The third kappa shape index (κ3) is 4.53. The molecule has 8 heteroatoms. The van der Waals surface area contributed by atoms with Gasteiger partial charge in [0, 0.05) is 38.6 Å². The predicted molar refractivity (Wildman–Crippen MR) is 94.2 cm³/mol. The second-order valence-electron chi connectivity index (χ2n) is 7.80. The molecule has 0 spiro atoms. The quantitative estimate of drug-likeness (QED) is 0.759. The second-order valence-corrected chi connectivity index (χ2v) is 9.78. The molecule has 2 aliphatic heterocycles. The molecule has 2 amide bonds. The fourth-order valence-electron chi connectivity index (χ4n) is 4.09. The van der Waals surface area contributed by atoms with Gasteiger partial charge < -0.3 is 10.2 Å². The van der Waals surface area contributed by atoms with Crippen LogP contribution in [0.1, 0.15) is 38.5 Å². The lowest BCUT2D eigenvalue weighted by molar-refractivity contribution is -0.147. The van der Waals surface area contributed by atoms with E-state index in [1.165, 1.54) is 17.0 Å². The van der Waals surface area contributed by atoms with Crippen molar-refractivity contribution in [2.24, 2.45) is 17.8 Å². The van der Waals surface area contributed by atoms with Gasteiger partial charge in [0.05, 0.1) is 12.2 Å². The van der Waals surface area contributed by atoms with Crippen LogP contribution >= 0.6 is 0 Å². The Balaban J connectivity index is 1.36. The normalized spacial score (nSPS) is 26.4. The molecule has 1 atom stereocenters. The topological polar surface area (TPSA) is 86.8 Å². The van der Waals surface area contributed by atoms with Crippen LogP contribution in [0.3, 0.4) is 0 Å². The number of carbonyl (C=O) groups excluding carboxylic acids is 2. The van der Waals surface area contributed by atoms with Gasteiger partial charge in [-0.15, -0.1) is 0 Å². The zero-order chi connectivity index (χ0) is 18.0. The van der Waals surface area contributed by atoms with Crippen LogP contribution in [0.5, 0.6) is 0 Å². The van der Waals surface area contributed by atoms with Crippen molar-refractivity contribution in [1.29, 1.82) is 0 Å². The Morgan fingerprint density at radius 2 is 1.68 bits per heavy atom. The smallest absolute Gasteiger partial charge is 0.226 e. The minimum absolute atomic E-state index is 0.00880. The average molecular weight is 372 g/mol. The average Bonchev–Trinajstić information content (AvgIpc) is 3.01. The minimum Gasteiger partial charge on any atom is -0.355 e. The Hall–Kier alpha value is -1.15. The van der Waals surface area contributed by atoms with Crippen molar-refractivity contribution in [1.82, 2.24) is 14.5 Å². The van der Waals surface area contributed by atoms with Gasteiger partial charge in [-0.1, -0.05) is 19.3 Å². The van der Waals surface area contributed by atoms with Crippen molar-refractivity contribution in [2.45, 2.75) is 38.5 Å². The van der Waals surface area contributed by atoms with E-state index < -0.39 is 10.0 Å². The lowest BCUT2D eigenvalue weighted by atomic mass is 9.86. The molecular formula is C17H29N3O4S. The number of sulfonamides is 1. The van der Waals surface area contributed by atoms with Gasteiger partial charge in [-0.25, -0.2) is 12.7 Å². The number of amides is 2. The Bertz CT molecular complexity index is 609. The summed E-state index contributed by atoms with van der Waals surface area (Å²) in [6, 6.07) is 0. The summed E-state index contributed by atoms with van der Waals surface area (Å²) in [4.78, 5) is 26.4. The van der Waals surface area contributed by atoms with Gasteiger partial charge in [0.25, 0.3) is 0 Å². The first-order valence-corrected chi connectivity index (χ1v) is 11.2. The molecule has 3 aliphatic rings. The highest BCUT2D eigenvalue weighted by atomic mass is 32.2. The summed E-state index contributed by atoms with van der Waals surface area (Å²) in [5, 5.41) is 2.94. The van der Waals surface area contributed by atoms with Gasteiger partial charge in [0.2, 0.25) is 21.8 Å². The van der Waals surface area contributed by atoms with E-state index in [0.29, 0.717) is 32.7 Å². The minimum atomic E-state index is -3.14.